The minimum atomic E-state index is -0.456. The summed E-state index contributed by atoms with van der Waals surface area (Å²) in [6, 6.07) is 13.4. The Hall–Kier alpha value is -3.65. The molecule has 7 nitrogen and oxygen atoms in total. The molecule has 0 bridgehead atoms. The zero-order chi connectivity index (χ0) is 24.8. The number of esters is 1. The fourth-order valence-electron chi connectivity index (χ4n) is 3.91. The van der Waals surface area contributed by atoms with Gasteiger partial charge in [-0.05, 0) is 56.5 Å². The molecule has 0 atom stereocenters. The van der Waals surface area contributed by atoms with Gasteiger partial charge in [0.15, 0.2) is 0 Å². The van der Waals surface area contributed by atoms with Crippen LogP contribution in [-0.4, -0.2) is 34.5 Å². The van der Waals surface area contributed by atoms with Gasteiger partial charge in [0.1, 0.15) is 22.0 Å². The van der Waals surface area contributed by atoms with Crippen LogP contribution in [0.3, 0.4) is 0 Å². The highest BCUT2D eigenvalue weighted by Gasteiger charge is 2.23. The number of rotatable bonds is 10. The number of anilines is 1. The minimum Gasteiger partial charge on any atom is -0.494 e. The van der Waals surface area contributed by atoms with Crippen molar-refractivity contribution in [1.29, 1.82) is 0 Å². The smallest absolute Gasteiger partial charge is 0.341 e. The lowest BCUT2D eigenvalue weighted by Gasteiger charge is -2.10. The second kappa shape index (κ2) is 11.2. The Bertz CT molecular complexity index is 1320. The molecule has 4 aromatic rings. The molecule has 0 aliphatic rings. The first-order chi connectivity index (χ1) is 17.0. The molecule has 1 aromatic carbocycles. The quantitative estimate of drug-likeness (QED) is 0.279. The number of thiophene rings is 1. The summed E-state index contributed by atoms with van der Waals surface area (Å²) in [4.78, 5) is 30.3. The molecule has 3 heterocycles. The maximum atomic E-state index is 12.9. The summed E-state index contributed by atoms with van der Waals surface area (Å²) in [6.07, 6.45) is 3.68. The molecular weight excluding hydrogens is 462 g/mol. The van der Waals surface area contributed by atoms with Gasteiger partial charge in [-0.2, -0.15) is 0 Å². The lowest BCUT2D eigenvalue weighted by atomic mass is 10.0. The van der Waals surface area contributed by atoms with Gasteiger partial charge in [0.25, 0.3) is 0 Å². The molecule has 0 fully saturated rings. The number of benzene rings is 1. The third-order valence-electron chi connectivity index (χ3n) is 5.58. The Morgan fingerprint density at radius 1 is 1.11 bits per heavy atom. The molecule has 0 saturated heterocycles. The van der Waals surface area contributed by atoms with E-state index in [1.807, 2.05) is 65.4 Å². The lowest BCUT2D eigenvalue weighted by Crippen LogP contribution is -2.15. The molecule has 8 heteroatoms. The van der Waals surface area contributed by atoms with Crippen LogP contribution in [0.4, 0.5) is 5.00 Å². The van der Waals surface area contributed by atoms with Crippen LogP contribution in [0, 0.1) is 6.92 Å². The number of aryl methyl sites for hydroxylation is 2. The van der Waals surface area contributed by atoms with Gasteiger partial charge >= 0.3 is 5.97 Å². The van der Waals surface area contributed by atoms with E-state index in [2.05, 4.69) is 17.2 Å². The first-order valence-electron chi connectivity index (χ1n) is 11.8. The van der Waals surface area contributed by atoms with Gasteiger partial charge in [-0.15, -0.1) is 11.3 Å². The van der Waals surface area contributed by atoms with Gasteiger partial charge in [-0.1, -0.05) is 25.1 Å². The van der Waals surface area contributed by atoms with Crippen LogP contribution in [0.5, 0.6) is 5.75 Å². The van der Waals surface area contributed by atoms with Gasteiger partial charge in [-0.25, -0.2) is 9.78 Å². The van der Waals surface area contributed by atoms with Crippen LogP contribution in [0.15, 0.2) is 54.0 Å². The Morgan fingerprint density at radius 2 is 1.91 bits per heavy atom. The van der Waals surface area contributed by atoms with Crippen molar-refractivity contribution in [2.45, 2.75) is 40.0 Å². The molecule has 182 valence electrons. The van der Waals surface area contributed by atoms with Crippen molar-refractivity contribution in [3.63, 3.8) is 0 Å². The van der Waals surface area contributed by atoms with Gasteiger partial charge in [0.05, 0.1) is 18.9 Å². The van der Waals surface area contributed by atoms with Crippen molar-refractivity contribution >= 4 is 33.9 Å². The van der Waals surface area contributed by atoms with Crippen LogP contribution in [0.2, 0.25) is 0 Å². The van der Waals surface area contributed by atoms with E-state index in [0.29, 0.717) is 23.6 Å². The lowest BCUT2D eigenvalue weighted by molar-refractivity contribution is -0.116. The van der Waals surface area contributed by atoms with E-state index >= 15 is 0 Å². The molecule has 4 rings (SSSR count). The van der Waals surface area contributed by atoms with E-state index in [1.165, 1.54) is 11.3 Å². The van der Waals surface area contributed by atoms with Crippen LogP contribution < -0.4 is 10.1 Å². The predicted octanol–water partition coefficient (Wildman–Crippen LogP) is 5.91. The topological polar surface area (TPSA) is 81.9 Å². The Morgan fingerprint density at radius 3 is 2.66 bits per heavy atom. The molecule has 3 aromatic heterocycles. The number of hydrogen-bond acceptors (Lipinski definition) is 6. The van der Waals surface area contributed by atoms with Crippen LogP contribution >= 0.6 is 11.3 Å². The fourth-order valence-corrected chi connectivity index (χ4v) is 4.88. The largest absolute Gasteiger partial charge is 0.494 e. The number of carbonyl (C=O) groups excluding carboxylic acids is 2. The molecule has 0 unspecified atom stereocenters. The molecule has 0 spiro atoms. The average Bonchev–Trinajstić information content (AvgIpc) is 3.42. The molecule has 0 saturated carbocycles. The van der Waals surface area contributed by atoms with Crippen LogP contribution in [0.1, 0.15) is 48.4 Å². The van der Waals surface area contributed by atoms with Gasteiger partial charge in [-0.3, -0.25) is 4.79 Å². The molecular formula is C27H29N3O4S. The van der Waals surface area contributed by atoms with E-state index in [1.54, 1.807) is 6.92 Å². The monoisotopic (exact) mass is 491 g/mol. The van der Waals surface area contributed by atoms with Crippen molar-refractivity contribution in [2.75, 3.05) is 18.5 Å². The zero-order valence-corrected chi connectivity index (χ0v) is 21.0. The maximum absolute atomic E-state index is 12.9. The number of carbonyl (C=O) groups is 2. The van der Waals surface area contributed by atoms with Gasteiger partial charge in [0, 0.05) is 29.3 Å². The molecule has 35 heavy (non-hydrogen) atoms. The zero-order valence-electron chi connectivity index (χ0n) is 20.2. The highest BCUT2D eigenvalue weighted by atomic mass is 32.1. The molecule has 0 radical (unpaired) electrons. The van der Waals surface area contributed by atoms with Crippen LogP contribution in [0.25, 0.3) is 16.8 Å². The summed E-state index contributed by atoms with van der Waals surface area (Å²) in [6.45, 7) is 6.67. The van der Waals surface area contributed by atoms with Crippen molar-refractivity contribution in [3.05, 3.63) is 71.0 Å². The first kappa shape index (κ1) is 24.5. The summed E-state index contributed by atoms with van der Waals surface area (Å²) in [5.74, 6) is 0.153. The number of fused-ring (bicyclic) bond motifs is 1. The Kier molecular flexibility index (Phi) is 7.82. The number of nitrogens with zero attached hydrogens (tertiary/aromatic N) is 2. The Balaban J connectivity index is 1.52. The summed E-state index contributed by atoms with van der Waals surface area (Å²) < 4.78 is 13.0. The number of nitrogens with one attached hydrogen (secondary N) is 1. The van der Waals surface area contributed by atoms with Gasteiger partial charge in [0.2, 0.25) is 5.91 Å². The molecule has 0 aliphatic carbocycles. The van der Waals surface area contributed by atoms with Gasteiger partial charge < -0.3 is 19.2 Å². The number of amides is 1. The highest BCUT2D eigenvalue weighted by Crippen LogP contribution is 2.37. The molecule has 0 aliphatic heterocycles. The highest BCUT2D eigenvalue weighted by molar-refractivity contribution is 7.15. The van der Waals surface area contributed by atoms with E-state index < -0.39 is 5.97 Å². The number of imidazole rings is 1. The summed E-state index contributed by atoms with van der Waals surface area (Å²) >= 11 is 1.32. The Labute approximate surface area is 208 Å². The van der Waals surface area contributed by atoms with Crippen molar-refractivity contribution in [2.24, 2.45) is 0 Å². The summed E-state index contributed by atoms with van der Waals surface area (Å²) in [5.41, 5.74) is 4.72. The fraction of sp³-hybridized carbons (Fsp3) is 0.296. The first-order valence-corrected chi connectivity index (χ1v) is 12.6. The number of aromatic nitrogens is 2. The average molecular weight is 492 g/mol. The normalized spacial score (nSPS) is 10.9. The third-order valence-corrected chi connectivity index (χ3v) is 6.48. The minimum absolute atomic E-state index is 0.169. The predicted molar refractivity (Wildman–Crippen MR) is 138 cm³/mol. The maximum Gasteiger partial charge on any atom is 0.341 e. The number of ether oxygens (including phenoxy) is 2. The third kappa shape index (κ3) is 5.54. The number of pyridine rings is 1. The summed E-state index contributed by atoms with van der Waals surface area (Å²) in [5, 5.41) is 5.30. The van der Waals surface area contributed by atoms with E-state index in [4.69, 9.17) is 9.47 Å². The van der Waals surface area contributed by atoms with E-state index in [0.717, 1.165) is 40.3 Å². The standard InChI is InChI=1S/C27H29N3O4S/c1-4-16-34-20-11-9-19(10-12-20)21-17-35-26(25(21)27(32)33-5-2)29-24(31)14-13-22-18(3)28-23-8-6-7-15-30(22)23/h6-12,15,17H,4-5,13-14,16H2,1-3H3,(H,29,31). The van der Waals surface area contributed by atoms with Crippen molar-refractivity contribution in [1.82, 2.24) is 9.38 Å². The molecule has 1 amide bonds. The van der Waals surface area contributed by atoms with E-state index in [9.17, 15) is 9.59 Å². The molecule has 1 N–H and O–H groups in total. The van der Waals surface area contributed by atoms with Crippen molar-refractivity contribution < 1.29 is 19.1 Å². The van der Waals surface area contributed by atoms with Crippen LogP contribution in [-0.2, 0) is 16.0 Å². The summed E-state index contributed by atoms with van der Waals surface area (Å²) in [7, 11) is 0. The SMILES string of the molecule is CCCOc1ccc(-c2csc(NC(=O)CCc3c(C)nc4ccccn34)c2C(=O)OCC)cc1. The van der Waals surface area contributed by atoms with Crippen molar-refractivity contribution in [3.8, 4) is 16.9 Å². The number of hydrogen-bond donors (Lipinski definition) is 1. The van der Waals surface area contributed by atoms with E-state index in [-0.39, 0.29) is 18.9 Å². The second-order valence-electron chi connectivity index (χ2n) is 8.07. The second-order valence-corrected chi connectivity index (χ2v) is 8.95.